The van der Waals surface area contributed by atoms with Gasteiger partial charge in [0.15, 0.2) is 0 Å². The van der Waals surface area contributed by atoms with E-state index in [1.165, 1.54) is 5.56 Å². The number of benzene rings is 2. The molecule has 2 amide bonds. The number of methoxy groups -OCH3 is 1. The van der Waals surface area contributed by atoms with Crippen molar-refractivity contribution in [2.45, 2.75) is 33.7 Å². The summed E-state index contributed by atoms with van der Waals surface area (Å²) in [7, 11) is 1.62. The van der Waals surface area contributed by atoms with E-state index < -0.39 is 6.04 Å². The normalized spacial score (nSPS) is 16.5. The Bertz CT molecular complexity index is 1180. The Hall–Kier alpha value is -3.45. The molecule has 4 rings (SSSR count). The number of aryl methyl sites for hydroxylation is 3. The van der Waals surface area contributed by atoms with Gasteiger partial charge >= 0.3 is 6.03 Å². The van der Waals surface area contributed by atoms with Crippen molar-refractivity contribution in [3.05, 3.63) is 76.3 Å². The Kier molecular flexibility index (Phi) is 6.10. The van der Waals surface area contributed by atoms with Gasteiger partial charge in [0.25, 0.3) is 5.89 Å². The van der Waals surface area contributed by atoms with E-state index in [1.807, 2.05) is 44.2 Å². The first-order valence-electron chi connectivity index (χ1n) is 10.6. The SMILES string of the molecule is COCCN1C(=O)NC(c2ccc(C)c(C)c2)C(c2nc(-c3cccc(C)c3)no2)=C1C. The summed E-state index contributed by atoms with van der Waals surface area (Å²) in [6.45, 7) is 8.92. The Morgan fingerprint density at radius 2 is 1.91 bits per heavy atom. The lowest BCUT2D eigenvalue weighted by atomic mass is 9.92. The van der Waals surface area contributed by atoms with Crippen molar-refractivity contribution in [3.63, 3.8) is 0 Å². The van der Waals surface area contributed by atoms with Crippen LogP contribution < -0.4 is 5.32 Å². The van der Waals surface area contributed by atoms with Crippen LogP contribution in [-0.2, 0) is 4.74 Å². The van der Waals surface area contributed by atoms with Crippen molar-refractivity contribution in [1.82, 2.24) is 20.4 Å². The van der Waals surface area contributed by atoms with Crippen LogP contribution in [-0.4, -0.2) is 41.3 Å². The van der Waals surface area contributed by atoms with Crippen LogP contribution >= 0.6 is 0 Å². The van der Waals surface area contributed by atoms with Gasteiger partial charge in [-0.15, -0.1) is 0 Å². The summed E-state index contributed by atoms with van der Waals surface area (Å²) in [6.07, 6.45) is 0. The smallest absolute Gasteiger partial charge is 0.322 e. The van der Waals surface area contributed by atoms with Gasteiger partial charge in [-0.1, -0.05) is 47.1 Å². The van der Waals surface area contributed by atoms with E-state index >= 15 is 0 Å². The van der Waals surface area contributed by atoms with Gasteiger partial charge in [-0.3, -0.25) is 4.90 Å². The van der Waals surface area contributed by atoms with Gasteiger partial charge in [0.1, 0.15) is 0 Å². The Balaban J connectivity index is 1.82. The maximum absolute atomic E-state index is 12.9. The molecule has 0 fully saturated rings. The molecule has 0 saturated carbocycles. The molecule has 32 heavy (non-hydrogen) atoms. The molecule has 2 heterocycles. The highest BCUT2D eigenvalue weighted by molar-refractivity contribution is 5.87. The summed E-state index contributed by atoms with van der Waals surface area (Å²) in [5.74, 6) is 0.910. The predicted octanol–water partition coefficient (Wildman–Crippen LogP) is 4.81. The number of hydrogen-bond acceptors (Lipinski definition) is 5. The number of hydrogen-bond donors (Lipinski definition) is 1. The minimum atomic E-state index is -0.397. The van der Waals surface area contributed by atoms with Crippen LogP contribution in [0.2, 0.25) is 0 Å². The zero-order valence-electron chi connectivity index (χ0n) is 19.1. The minimum absolute atomic E-state index is 0.176. The third-order valence-electron chi connectivity index (χ3n) is 5.91. The minimum Gasteiger partial charge on any atom is -0.383 e. The number of amides is 2. The van der Waals surface area contributed by atoms with Crippen LogP contribution in [0.3, 0.4) is 0 Å². The summed E-state index contributed by atoms with van der Waals surface area (Å²) in [5, 5.41) is 7.35. The van der Waals surface area contributed by atoms with E-state index in [-0.39, 0.29) is 6.03 Å². The fourth-order valence-corrected chi connectivity index (χ4v) is 3.94. The zero-order chi connectivity index (χ0) is 22.8. The molecule has 0 saturated heterocycles. The van der Waals surface area contributed by atoms with Gasteiger partial charge in [-0.05, 0) is 50.5 Å². The van der Waals surface area contributed by atoms with Crippen molar-refractivity contribution >= 4 is 11.6 Å². The molecule has 3 aromatic rings. The second kappa shape index (κ2) is 8.96. The van der Waals surface area contributed by atoms with Crippen molar-refractivity contribution in [1.29, 1.82) is 0 Å². The third-order valence-corrected chi connectivity index (χ3v) is 5.91. The van der Waals surface area contributed by atoms with Crippen LogP contribution in [0.4, 0.5) is 4.79 Å². The third kappa shape index (κ3) is 4.16. The van der Waals surface area contributed by atoms with Crippen LogP contribution in [0.5, 0.6) is 0 Å². The lowest BCUT2D eigenvalue weighted by Gasteiger charge is -2.35. The number of rotatable bonds is 6. The molecule has 0 bridgehead atoms. The van der Waals surface area contributed by atoms with E-state index in [9.17, 15) is 4.79 Å². The fraction of sp³-hybridized carbons (Fsp3) is 0.320. The number of aromatic nitrogens is 2. The van der Waals surface area contributed by atoms with Crippen molar-refractivity contribution in [3.8, 4) is 11.4 Å². The molecule has 0 spiro atoms. The number of nitrogens with zero attached hydrogens (tertiary/aromatic N) is 3. The number of carbonyl (C=O) groups is 1. The molecule has 2 aromatic carbocycles. The molecule has 0 radical (unpaired) electrons. The summed E-state index contributed by atoms with van der Waals surface area (Å²) < 4.78 is 10.9. The van der Waals surface area contributed by atoms with Gasteiger partial charge < -0.3 is 14.6 Å². The van der Waals surface area contributed by atoms with E-state index in [4.69, 9.17) is 14.2 Å². The highest BCUT2D eigenvalue weighted by Crippen LogP contribution is 2.37. The summed E-state index contributed by atoms with van der Waals surface area (Å²) in [5.41, 5.74) is 6.88. The second-order valence-electron chi connectivity index (χ2n) is 8.16. The molecule has 1 unspecified atom stereocenters. The Morgan fingerprint density at radius 1 is 1.09 bits per heavy atom. The average molecular weight is 433 g/mol. The highest BCUT2D eigenvalue weighted by Gasteiger charge is 2.35. The van der Waals surface area contributed by atoms with E-state index in [1.54, 1.807) is 12.0 Å². The summed E-state index contributed by atoms with van der Waals surface area (Å²) in [6, 6.07) is 13.6. The van der Waals surface area contributed by atoms with Crippen LogP contribution in [0.25, 0.3) is 17.0 Å². The summed E-state index contributed by atoms with van der Waals surface area (Å²) >= 11 is 0. The molecule has 1 aromatic heterocycles. The standard InChI is InChI=1S/C25H28N4O3/c1-15-7-6-8-20(13-15)23-27-24(32-28-23)21-18(4)29(11-12-31-5)25(30)26-22(21)19-10-9-16(2)17(3)14-19/h6-10,13-14,22H,11-12H2,1-5H3,(H,26,30). The van der Waals surface area contributed by atoms with Crippen LogP contribution in [0.1, 0.15) is 41.1 Å². The zero-order valence-corrected chi connectivity index (χ0v) is 19.1. The van der Waals surface area contributed by atoms with Crippen LogP contribution in [0, 0.1) is 20.8 Å². The van der Waals surface area contributed by atoms with Gasteiger partial charge in [0, 0.05) is 18.4 Å². The number of ether oxygens (including phenoxy) is 1. The van der Waals surface area contributed by atoms with Crippen LogP contribution in [0.15, 0.2) is 52.7 Å². The van der Waals surface area contributed by atoms with Crippen molar-refractivity contribution in [2.75, 3.05) is 20.3 Å². The average Bonchev–Trinajstić information content (AvgIpc) is 3.25. The molecular weight excluding hydrogens is 404 g/mol. The highest BCUT2D eigenvalue weighted by atomic mass is 16.5. The van der Waals surface area contributed by atoms with Gasteiger partial charge in [-0.2, -0.15) is 4.98 Å². The molecular formula is C25H28N4O3. The quantitative estimate of drug-likeness (QED) is 0.605. The van der Waals surface area contributed by atoms with Gasteiger partial charge in [0.2, 0.25) is 5.82 Å². The van der Waals surface area contributed by atoms with E-state index in [2.05, 4.69) is 36.5 Å². The largest absolute Gasteiger partial charge is 0.383 e. The molecule has 0 aliphatic carbocycles. The fourth-order valence-electron chi connectivity index (χ4n) is 3.94. The first kappa shape index (κ1) is 21.8. The van der Waals surface area contributed by atoms with E-state index in [0.29, 0.717) is 24.9 Å². The maximum atomic E-state index is 12.9. The number of urea groups is 1. The molecule has 1 aliphatic rings. The van der Waals surface area contributed by atoms with E-state index in [0.717, 1.165) is 33.5 Å². The lowest BCUT2D eigenvalue weighted by Crippen LogP contribution is -2.47. The topological polar surface area (TPSA) is 80.5 Å². The molecule has 1 aliphatic heterocycles. The molecule has 1 atom stereocenters. The summed E-state index contributed by atoms with van der Waals surface area (Å²) in [4.78, 5) is 19.3. The molecule has 166 valence electrons. The molecule has 7 nitrogen and oxygen atoms in total. The lowest BCUT2D eigenvalue weighted by molar-refractivity contribution is 0.158. The molecule has 7 heteroatoms. The first-order valence-corrected chi connectivity index (χ1v) is 10.6. The number of nitrogens with one attached hydrogen (secondary N) is 1. The maximum Gasteiger partial charge on any atom is 0.322 e. The van der Waals surface area contributed by atoms with Gasteiger partial charge in [0.05, 0.1) is 24.8 Å². The monoisotopic (exact) mass is 432 g/mol. The Morgan fingerprint density at radius 3 is 2.62 bits per heavy atom. The van der Waals surface area contributed by atoms with Crippen molar-refractivity contribution in [2.24, 2.45) is 0 Å². The second-order valence-corrected chi connectivity index (χ2v) is 8.16. The number of allylic oxidation sites excluding steroid dienone is 1. The Labute approximate surface area is 188 Å². The predicted molar refractivity (Wildman–Crippen MR) is 123 cm³/mol. The van der Waals surface area contributed by atoms with Gasteiger partial charge in [-0.25, -0.2) is 4.79 Å². The molecule has 1 N–H and O–H groups in total. The first-order chi connectivity index (χ1) is 15.4. The van der Waals surface area contributed by atoms with Crippen molar-refractivity contribution < 1.29 is 14.1 Å². The number of carbonyl (C=O) groups excluding carboxylic acids is 1.